The van der Waals surface area contributed by atoms with Crippen molar-refractivity contribution in [1.82, 2.24) is 10.7 Å². The summed E-state index contributed by atoms with van der Waals surface area (Å²) in [7, 11) is 0. The average Bonchev–Trinajstić information content (AvgIpc) is 2.76. The highest BCUT2D eigenvalue weighted by Gasteiger charge is 2.19. The van der Waals surface area contributed by atoms with Crippen molar-refractivity contribution >= 4 is 18.0 Å². The SMILES string of the molecule is O=C(C[C@@H](NC(=O)c1ccccc1)c1ccccc1)N/N=C\c1ccccc1O. The number of phenolic OH excluding ortho intramolecular Hbond substituents is 1. The van der Waals surface area contributed by atoms with Crippen LogP contribution in [0.4, 0.5) is 0 Å². The van der Waals surface area contributed by atoms with Crippen LogP contribution in [-0.2, 0) is 4.79 Å². The zero-order chi connectivity index (χ0) is 20.5. The molecule has 146 valence electrons. The van der Waals surface area contributed by atoms with Gasteiger partial charge in [0.25, 0.3) is 5.91 Å². The molecule has 6 heteroatoms. The normalized spacial score (nSPS) is 11.7. The molecule has 0 fully saturated rings. The lowest BCUT2D eigenvalue weighted by Crippen LogP contribution is -2.32. The number of nitrogens with one attached hydrogen (secondary N) is 2. The maximum Gasteiger partial charge on any atom is 0.251 e. The van der Waals surface area contributed by atoms with E-state index in [-0.39, 0.29) is 24.0 Å². The van der Waals surface area contributed by atoms with Gasteiger partial charge in [-0.05, 0) is 29.8 Å². The molecular weight excluding hydrogens is 366 g/mol. The summed E-state index contributed by atoms with van der Waals surface area (Å²) >= 11 is 0. The van der Waals surface area contributed by atoms with Crippen molar-refractivity contribution in [1.29, 1.82) is 0 Å². The van der Waals surface area contributed by atoms with Gasteiger partial charge in [0.15, 0.2) is 0 Å². The van der Waals surface area contributed by atoms with Crippen LogP contribution < -0.4 is 10.7 Å². The zero-order valence-corrected chi connectivity index (χ0v) is 15.7. The molecule has 6 nitrogen and oxygen atoms in total. The summed E-state index contributed by atoms with van der Waals surface area (Å²) in [5.74, 6) is -0.549. The highest BCUT2D eigenvalue weighted by molar-refractivity contribution is 5.94. The number of carbonyl (C=O) groups is 2. The summed E-state index contributed by atoms with van der Waals surface area (Å²) in [6, 6.07) is 24.3. The van der Waals surface area contributed by atoms with Crippen LogP contribution in [0.1, 0.15) is 33.9 Å². The Morgan fingerprint density at radius 3 is 2.21 bits per heavy atom. The quantitative estimate of drug-likeness (QED) is 0.429. The molecule has 0 unspecified atom stereocenters. The topological polar surface area (TPSA) is 90.8 Å². The molecule has 3 aromatic carbocycles. The Morgan fingerprint density at radius 2 is 1.52 bits per heavy atom. The summed E-state index contributed by atoms with van der Waals surface area (Å²) in [6.07, 6.45) is 1.38. The molecule has 0 spiro atoms. The molecule has 0 aliphatic heterocycles. The van der Waals surface area contributed by atoms with E-state index in [0.29, 0.717) is 11.1 Å². The molecule has 0 aromatic heterocycles. The first kappa shape index (κ1) is 19.8. The number of hydrogen-bond acceptors (Lipinski definition) is 4. The van der Waals surface area contributed by atoms with Crippen LogP contribution in [0.5, 0.6) is 5.75 Å². The molecule has 2 amide bonds. The van der Waals surface area contributed by atoms with E-state index in [1.165, 1.54) is 12.3 Å². The minimum Gasteiger partial charge on any atom is -0.507 e. The summed E-state index contributed by atoms with van der Waals surface area (Å²) < 4.78 is 0. The van der Waals surface area contributed by atoms with Crippen molar-refractivity contribution in [2.45, 2.75) is 12.5 Å². The lowest BCUT2D eigenvalue weighted by atomic mass is 10.0. The monoisotopic (exact) mass is 387 g/mol. The Morgan fingerprint density at radius 1 is 0.897 bits per heavy atom. The Labute approximate surface area is 168 Å². The van der Waals surface area contributed by atoms with Crippen molar-refractivity contribution in [3.8, 4) is 5.75 Å². The van der Waals surface area contributed by atoms with Crippen LogP contribution in [0.25, 0.3) is 0 Å². The van der Waals surface area contributed by atoms with Gasteiger partial charge in [0.1, 0.15) is 5.75 Å². The molecule has 3 N–H and O–H groups in total. The molecule has 0 saturated carbocycles. The van der Waals surface area contributed by atoms with Gasteiger partial charge < -0.3 is 10.4 Å². The van der Waals surface area contributed by atoms with Gasteiger partial charge in [-0.25, -0.2) is 5.43 Å². The van der Waals surface area contributed by atoms with Crippen LogP contribution in [0.15, 0.2) is 90.0 Å². The fraction of sp³-hybridized carbons (Fsp3) is 0.0870. The van der Waals surface area contributed by atoms with Crippen molar-refractivity contribution in [3.63, 3.8) is 0 Å². The third-order valence-corrected chi connectivity index (χ3v) is 4.26. The van der Waals surface area contributed by atoms with E-state index in [4.69, 9.17) is 0 Å². The third kappa shape index (κ3) is 5.77. The number of amides is 2. The summed E-state index contributed by atoms with van der Waals surface area (Å²) in [5, 5.41) is 16.5. The second-order valence-corrected chi connectivity index (χ2v) is 6.36. The van der Waals surface area contributed by atoms with Crippen molar-refractivity contribution in [2.24, 2.45) is 5.10 Å². The molecule has 3 rings (SSSR count). The molecule has 3 aromatic rings. The highest BCUT2D eigenvalue weighted by Crippen LogP contribution is 2.18. The van der Waals surface area contributed by atoms with Gasteiger partial charge in [-0.1, -0.05) is 60.7 Å². The van der Waals surface area contributed by atoms with Crippen LogP contribution in [-0.4, -0.2) is 23.1 Å². The standard InChI is InChI=1S/C23H21N3O3/c27-21-14-8-7-13-19(21)16-24-26-22(28)15-20(17-9-3-1-4-10-17)25-23(29)18-11-5-2-6-12-18/h1-14,16,20,27H,15H2,(H,25,29)(H,26,28)/b24-16-/t20-/m1/s1. The predicted octanol–water partition coefficient (Wildman–Crippen LogP) is 3.40. The molecule has 1 atom stereocenters. The fourth-order valence-electron chi connectivity index (χ4n) is 2.77. The van der Waals surface area contributed by atoms with Gasteiger partial charge in [0.05, 0.1) is 18.7 Å². The van der Waals surface area contributed by atoms with E-state index in [9.17, 15) is 14.7 Å². The summed E-state index contributed by atoms with van der Waals surface area (Å²) in [4.78, 5) is 24.9. The number of phenols is 1. The average molecular weight is 387 g/mol. The second kappa shape index (κ2) is 9.85. The van der Waals surface area contributed by atoms with Crippen LogP contribution >= 0.6 is 0 Å². The Kier molecular flexibility index (Phi) is 6.73. The maximum atomic E-state index is 12.5. The fourth-order valence-corrected chi connectivity index (χ4v) is 2.77. The van der Waals surface area contributed by atoms with E-state index in [2.05, 4.69) is 15.8 Å². The summed E-state index contributed by atoms with van der Waals surface area (Å²) in [6.45, 7) is 0. The molecular formula is C23H21N3O3. The smallest absolute Gasteiger partial charge is 0.251 e. The number of benzene rings is 3. The van der Waals surface area contributed by atoms with E-state index < -0.39 is 6.04 Å². The number of nitrogens with zero attached hydrogens (tertiary/aromatic N) is 1. The number of hydrazone groups is 1. The van der Waals surface area contributed by atoms with E-state index >= 15 is 0 Å². The first-order valence-corrected chi connectivity index (χ1v) is 9.14. The number of para-hydroxylation sites is 1. The van der Waals surface area contributed by atoms with Crippen molar-refractivity contribution in [3.05, 3.63) is 102 Å². The van der Waals surface area contributed by atoms with E-state index in [0.717, 1.165) is 5.56 Å². The number of aromatic hydroxyl groups is 1. The second-order valence-electron chi connectivity index (χ2n) is 6.36. The lowest BCUT2D eigenvalue weighted by molar-refractivity contribution is -0.121. The minimum atomic E-state index is -0.510. The van der Waals surface area contributed by atoms with E-state index in [1.807, 2.05) is 36.4 Å². The van der Waals surface area contributed by atoms with Crippen molar-refractivity contribution in [2.75, 3.05) is 0 Å². The van der Waals surface area contributed by atoms with Crippen molar-refractivity contribution < 1.29 is 14.7 Å². The molecule has 0 radical (unpaired) electrons. The highest BCUT2D eigenvalue weighted by atomic mass is 16.3. The van der Waals surface area contributed by atoms with E-state index in [1.54, 1.807) is 42.5 Å². The lowest BCUT2D eigenvalue weighted by Gasteiger charge is -2.18. The molecule has 0 aliphatic carbocycles. The van der Waals surface area contributed by atoms with Crippen LogP contribution in [0.2, 0.25) is 0 Å². The Bertz CT molecular complexity index is 989. The summed E-state index contributed by atoms with van der Waals surface area (Å²) in [5.41, 5.74) is 4.27. The Hall–Kier alpha value is -3.93. The number of hydrogen-bond donors (Lipinski definition) is 3. The zero-order valence-electron chi connectivity index (χ0n) is 15.7. The van der Waals surface area contributed by atoms with Crippen LogP contribution in [0.3, 0.4) is 0 Å². The van der Waals surface area contributed by atoms with Gasteiger partial charge in [0, 0.05) is 11.1 Å². The van der Waals surface area contributed by atoms with Gasteiger partial charge in [-0.2, -0.15) is 5.10 Å². The molecule has 0 bridgehead atoms. The molecule has 0 aliphatic rings. The van der Waals surface area contributed by atoms with Crippen LogP contribution in [0, 0.1) is 0 Å². The molecule has 29 heavy (non-hydrogen) atoms. The van der Waals surface area contributed by atoms with Gasteiger partial charge in [0.2, 0.25) is 5.91 Å². The predicted molar refractivity (Wildman–Crippen MR) is 112 cm³/mol. The third-order valence-electron chi connectivity index (χ3n) is 4.26. The first-order chi connectivity index (χ1) is 14.1. The maximum absolute atomic E-state index is 12.5. The number of rotatable bonds is 7. The number of carbonyl (C=O) groups excluding carboxylic acids is 2. The Balaban J connectivity index is 1.67. The van der Waals surface area contributed by atoms with Gasteiger partial charge in [-0.15, -0.1) is 0 Å². The molecule has 0 heterocycles. The largest absolute Gasteiger partial charge is 0.507 e. The van der Waals surface area contributed by atoms with Gasteiger partial charge >= 0.3 is 0 Å². The molecule has 0 saturated heterocycles. The van der Waals surface area contributed by atoms with Gasteiger partial charge in [-0.3, -0.25) is 9.59 Å². The first-order valence-electron chi connectivity index (χ1n) is 9.14. The minimum absolute atomic E-state index is 0.0146.